The van der Waals surface area contributed by atoms with Crippen molar-refractivity contribution in [3.05, 3.63) is 0 Å². The van der Waals surface area contributed by atoms with Crippen LogP contribution >= 0.6 is 0 Å². The van der Waals surface area contributed by atoms with Crippen molar-refractivity contribution in [3.63, 3.8) is 0 Å². The molecule has 0 bridgehead atoms. The molecule has 1 rings (SSSR count). The van der Waals surface area contributed by atoms with E-state index in [-0.39, 0.29) is 6.10 Å². The number of aliphatic hydroxyl groups is 1. The maximum Gasteiger partial charge on any atom is 0.0866 e. The van der Waals surface area contributed by atoms with Crippen molar-refractivity contribution in [1.82, 2.24) is 10.2 Å². The molecule has 4 heteroatoms. The molecule has 0 saturated carbocycles. The molecule has 1 aliphatic heterocycles. The van der Waals surface area contributed by atoms with E-state index < -0.39 is 0 Å². The summed E-state index contributed by atoms with van der Waals surface area (Å²) in [5.41, 5.74) is 0. The second-order valence-electron chi connectivity index (χ2n) is 4.74. The first-order valence-corrected chi connectivity index (χ1v) is 6.14. The Morgan fingerprint density at radius 1 is 1.56 bits per heavy atom. The number of aliphatic hydroxyl groups excluding tert-OH is 1. The van der Waals surface area contributed by atoms with E-state index in [2.05, 4.69) is 16.3 Å². The third kappa shape index (κ3) is 4.09. The molecule has 0 spiro atoms. The Morgan fingerprint density at radius 3 is 2.88 bits per heavy atom. The van der Waals surface area contributed by atoms with Crippen LogP contribution in [-0.4, -0.2) is 48.8 Å². The largest absolute Gasteiger partial charge is 0.393 e. The van der Waals surface area contributed by atoms with Crippen LogP contribution in [0.1, 0.15) is 26.2 Å². The maximum absolute atomic E-state index is 9.68. The van der Waals surface area contributed by atoms with Gasteiger partial charge in [0.1, 0.15) is 0 Å². The maximum atomic E-state index is 9.68. The molecule has 3 atom stereocenters. The van der Waals surface area contributed by atoms with Crippen LogP contribution in [0.5, 0.6) is 0 Å². The first-order chi connectivity index (χ1) is 7.69. The normalized spacial score (nSPS) is 28.6. The van der Waals surface area contributed by atoms with Crippen LogP contribution in [-0.2, 0) is 0 Å². The SMILES string of the molecule is CCC(O)CC1CC(NC)CN(CC#N)C1. The molecular formula is C12H23N3O. The van der Waals surface area contributed by atoms with E-state index in [1.807, 2.05) is 14.0 Å². The molecule has 16 heavy (non-hydrogen) atoms. The summed E-state index contributed by atoms with van der Waals surface area (Å²) in [6, 6.07) is 2.66. The van der Waals surface area contributed by atoms with Crippen molar-refractivity contribution >= 4 is 0 Å². The van der Waals surface area contributed by atoms with E-state index in [0.717, 1.165) is 32.4 Å². The standard InChI is InChI=1S/C12H23N3O/c1-3-12(16)7-10-6-11(14-2)9-15(8-10)5-4-13/h10-12,14,16H,3,5-9H2,1-2H3. The molecule has 1 saturated heterocycles. The average Bonchev–Trinajstić information content (AvgIpc) is 2.29. The number of likely N-dealkylation sites (tertiary alicyclic amines) is 1. The van der Waals surface area contributed by atoms with Gasteiger partial charge in [0.2, 0.25) is 0 Å². The van der Waals surface area contributed by atoms with E-state index in [9.17, 15) is 5.11 Å². The van der Waals surface area contributed by atoms with Gasteiger partial charge in [0.25, 0.3) is 0 Å². The first kappa shape index (κ1) is 13.4. The summed E-state index contributed by atoms with van der Waals surface area (Å²) in [5.74, 6) is 0.509. The van der Waals surface area contributed by atoms with Gasteiger partial charge in [0.15, 0.2) is 0 Å². The van der Waals surface area contributed by atoms with E-state index in [1.54, 1.807) is 0 Å². The minimum Gasteiger partial charge on any atom is -0.393 e. The van der Waals surface area contributed by atoms with E-state index in [1.165, 1.54) is 0 Å². The van der Waals surface area contributed by atoms with Crippen LogP contribution in [0, 0.1) is 17.2 Å². The van der Waals surface area contributed by atoms with Gasteiger partial charge in [-0.25, -0.2) is 0 Å². The smallest absolute Gasteiger partial charge is 0.0866 e. The molecule has 0 aromatic carbocycles. The molecule has 92 valence electrons. The zero-order valence-corrected chi connectivity index (χ0v) is 10.3. The van der Waals surface area contributed by atoms with Crippen LogP contribution < -0.4 is 5.32 Å². The second-order valence-corrected chi connectivity index (χ2v) is 4.74. The van der Waals surface area contributed by atoms with Crippen molar-refractivity contribution < 1.29 is 5.11 Å². The minimum atomic E-state index is -0.190. The lowest BCUT2D eigenvalue weighted by Crippen LogP contribution is -2.48. The van der Waals surface area contributed by atoms with Crippen molar-refractivity contribution in [2.75, 3.05) is 26.7 Å². The highest BCUT2D eigenvalue weighted by Crippen LogP contribution is 2.22. The Kier molecular flexibility index (Phi) is 5.75. The summed E-state index contributed by atoms with van der Waals surface area (Å²) in [6.45, 7) is 4.40. The van der Waals surface area contributed by atoms with Crippen molar-refractivity contribution in [2.45, 2.75) is 38.3 Å². The van der Waals surface area contributed by atoms with Gasteiger partial charge in [-0.15, -0.1) is 0 Å². The lowest BCUT2D eigenvalue weighted by atomic mass is 9.89. The minimum absolute atomic E-state index is 0.190. The summed E-state index contributed by atoms with van der Waals surface area (Å²) < 4.78 is 0. The number of nitriles is 1. The summed E-state index contributed by atoms with van der Waals surface area (Å²) in [4.78, 5) is 2.18. The number of piperidine rings is 1. The summed E-state index contributed by atoms with van der Waals surface area (Å²) in [7, 11) is 1.97. The summed E-state index contributed by atoms with van der Waals surface area (Å²) in [5, 5.41) is 21.7. The molecule has 1 aliphatic rings. The van der Waals surface area contributed by atoms with Crippen molar-refractivity contribution in [1.29, 1.82) is 5.26 Å². The lowest BCUT2D eigenvalue weighted by molar-refractivity contribution is 0.0911. The Balaban J connectivity index is 2.47. The Morgan fingerprint density at radius 2 is 2.31 bits per heavy atom. The molecule has 0 aliphatic carbocycles. The van der Waals surface area contributed by atoms with Gasteiger partial charge in [-0.3, -0.25) is 4.90 Å². The molecule has 1 fully saturated rings. The highest BCUT2D eigenvalue weighted by Gasteiger charge is 2.27. The molecule has 3 unspecified atom stereocenters. The summed E-state index contributed by atoms with van der Waals surface area (Å²) >= 11 is 0. The van der Waals surface area contributed by atoms with Gasteiger partial charge in [-0.1, -0.05) is 6.92 Å². The molecule has 0 amide bonds. The monoisotopic (exact) mass is 225 g/mol. The average molecular weight is 225 g/mol. The number of rotatable bonds is 5. The topological polar surface area (TPSA) is 59.3 Å². The fourth-order valence-electron chi connectivity index (χ4n) is 2.46. The van der Waals surface area contributed by atoms with Crippen LogP contribution in [0.25, 0.3) is 0 Å². The number of likely N-dealkylation sites (N-methyl/N-ethyl adjacent to an activating group) is 1. The van der Waals surface area contributed by atoms with Gasteiger partial charge >= 0.3 is 0 Å². The molecule has 2 N–H and O–H groups in total. The number of nitrogens with zero attached hydrogens (tertiary/aromatic N) is 2. The number of hydrogen-bond donors (Lipinski definition) is 2. The molecule has 0 aromatic rings. The quantitative estimate of drug-likeness (QED) is 0.672. The van der Waals surface area contributed by atoms with Gasteiger partial charge in [-0.2, -0.15) is 5.26 Å². The summed E-state index contributed by atoms with van der Waals surface area (Å²) in [6.07, 6.45) is 2.59. The van der Waals surface area contributed by atoms with Gasteiger partial charge in [0, 0.05) is 19.1 Å². The molecule has 1 heterocycles. The zero-order chi connectivity index (χ0) is 12.0. The zero-order valence-electron chi connectivity index (χ0n) is 10.3. The molecular weight excluding hydrogens is 202 g/mol. The van der Waals surface area contributed by atoms with Crippen LogP contribution in [0.3, 0.4) is 0 Å². The first-order valence-electron chi connectivity index (χ1n) is 6.14. The fourth-order valence-corrected chi connectivity index (χ4v) is 2.46. The third-order valence-electron chi connectivity index (χ3n) is 3.39. The van der Waals surface area contributed by atoms with Gasteiger partial charge < -0.3 is 10.4 Å². The van der Waals surface area contributed by atoms with E-state index in [0.29, 0.717) is 18.5 Å². The Labute approximate surface area is 98.2 Å². The van der Waals surface area contributed by atoms with Crippen LogP contribution in [0.15, 0.2) is 0 Å². The fraction of sp³-hybridized carbons (Fsp3) is 0.917. The van der Waals surface area contributed by atoms with Crippen molar-refractivity contribution in [3.8, 4) is 6.07 Å². The Hall–Kier alpha value is -0.630. The molecule has 4 nitrogen and oxygen atoms in total. The third-order valence-corrected chi connectivity index (χ3v) is 3.39. The highest BCUT2D eigenvalue weighted by molar-refractivity contribution is 4.87. The van der Waals surface area contributed by atoms with Crippen LogP contribution in [0.4, 0.5) is 0 Å². The van der Waals surface area contributed by atoms with Crippen LogP contribution in [0.2, 0.25) is 0 Å². The van der Waals surface area contributed by atoms with Gasteiger partial charge in [0.05, 0.1) is 18.7 Å². The Bertz CT molecular complexity index is 237. The predicted octanol–water partition coefficient (Wildman–Crippen LogP) is 0.581. The highest BCUT2D eigenvalue weighted by atomic mass is 16.3. The van der Waals surface area contributed by atoms with Crippen molar-refractivity contribution in [2.24, 2.45) is 5.92 Å². The second kappa shape index (κ2) is 6.85. The predicted molar refractivity (Wildman–Crippen MR) is 63.9 cm³/mol. The molecule has 0 radical (unpaired) electrons. The van der Waals surface area contributed by atoms with E-state index >= 15 is 0 Å². The number of hydrogen-bond acceptors (Lipinski definition) is 4. The van der Waals surface area contributed by atoms with E-state index in [4.69, 9.17) is 5.26 Å². The molecule has 0 aromatic heterocycles. The number of nitrogens with one attached hydrogen (secondary N) is 1. The van der Waals surface area contributed by atoms with Gasteiger partial charge in [-0.05, 0) is 32.2 Å². The lowest BCUT2D eigenvalue weighted by Gasteiger charge is -2.37.